The van der Waals surface area contributed by atoms with E-state index < -0.39 is 0 Å². The number of fused-ring (bicyclic) bond motifs is 2. The molecule has 1 aliphatic heterocycles. The van der Waals surface area contributed by atoms with Crippen molar-refractivity contribution in [3.63, 3.8) is 0 Å². The molecule has 0 fully saturated rings. The van der Waals surface area contributed by atoms with Gasteiger partial charge in [-0.3, -0.25) is 14.7 Å². The van der Waals surface area contributed by atoms with Gasteiger partial charge >= 0.3 is 0 Å². The molecule has 0 unspecified atom stereocenters. The molecule has 0 N–H and O–H groups in total. The number of nitrogens with zero attached hydrogens (tertiary/aromatic N) is 5. The number of benzene rings is 2. The maximum Gasteiger partial charge on any atom is 0.114 e. The summed E-state index contributed by atoms with van der Waals surface area (Å²) in [6, 6.07) is 7.61. The van der Waals surface area contributed by atoms with Gasteiger partial charge < -0.3 is 0 Å². The average molecular weight is 406 g/mol. The monoisotopic (exact) mass is 405 g/mol. The Labute approximate surface area is 166 Å². The molecule has 7 nitrogen and oxygen atoms in total. The Balaban J connectivity index is 2.03. The van der Waals surface area contributed by atoms with Crippen LogP contribution >= 0.6 is 23.2 Å². The number of halogens is 2. The van der Waals surface area contributed by atoms with E-state index in [-0.39, 0.29) is 0 Å². The number of hydrogen-bond donors (Lipinski definition) is 0. The molecule has 0 spiro atoms. The van der Waals surface area contributed by atoms with E-state index in [1.54, 1.807) is 18.3 Å². The molecule has 0 aliphatic carbocycles. The first-order valence-corrected chi connectivity index (χ1v) is 8.93. The summed E-state index contributed by atoms with van der Waals surface area (Å²) < 4.78 is 0. The van der Waals surface area contributed by atoms with Crippen LogP contribution in [0.5, 0.6) is 0 Å². The van der Waals surface area contributed by atoms with E-state index in [1.165, 1.54) is 17.6 Å². The first-order valence-electron chi connectivity index (χ1n) is 8.17. The molecule has 0 atom stereocenters. The molecule has 140 valence electrons. The van der Waals surface area contributed by atoms with Gasteiger partial charge in [-0.1, -0.05) is 29.3 Å². The molecule has 1 aliphatic rings. The van der Waals surface area contributed by atoms with Crippen LogP contribution in [0.15, 0.2) is 30.5 Å². The van der Waals surface area contributed by atoms with Gasteiger partial charge in [0.1, 0.15) is 16.9 Å². The molecule has 0 saturated carbocycles. The minimum Gasteiger partial charge on any atom is -0.262 e. The number of aryl methyl sites for hydroxylation is 2. The Bertz CT molecular complexity index is 1050. The maximum atomic E-state index is 6.64. The number of hydrogen-bond acceptors (Lipinski definition) is 7. The molecular formula is C18H17Cl2N5O2. The van der Waals surface area contributed by atoms with Gasteiger partial charge in [-0.05, 0) is 37.6 Å². The minimum atomic E-state index is 0.394. The first-order chi connectivity index (χ1) is 13.0. The van der Waals surface area contributed by atoms with E-state index in [1.807, 2.05) is 38.1 Å². The van der Waals surface area contributed by atoms with Crippen LogP contribution in [-0.4, -0.2) is 29.5 Å². The number of para-hydroxylation sites is 1. The molecule has 1 aromatic heterocycles. The van der Waals surface area contributed by atoms with Crippen molar-refractivity contribution in [1.29, 1.82) is 0 Å². The Morgan fingerprint density at radius 3 is 2.48 bits per heavy atom. The lowest BCUT2D eigenvalue weighted by molar-refractivity contribution is -0.193. The normalized spacial score (nSPS) is 14.3. The topological polar surface area (TPSA) is 54.0 Å². The van der Waals surface area contributed by atoms with Gasteiger partial charge in [0.05, 0.1) is 41.2 Å². The van der Waals surface area contributed by atoms with Crippen molar-refractivity contribution < 1.29 is 9.68 Å². The van der Waals surface area contributed by atoms with E-state index in [0.717, 1.165) is 22.5 Å². The SMILES string of the molecule is CON1c2cc(C)c(Cl)c(Cl)c2N(c2cccc3nc(C)cnc23)N1OC. The zero-order valence-electron chi connectivity index (χ0n) is 15.2. The van der Waals surface area contributed by atoms with Crippen molar-refractivity contribution in [3.8, 4) is 0 Å². The smallest absolute Gasteiger partial charge is 0.114 e. The van der Waals surface area contributed by atoms with Crippen molar-refractivity contribution in [3.05, 3.63) is 51.8 Å². The van der Waals surface area contributed by atoms with Crippen LogP contribution in [0.2, 0.25) is 10.0 Å². The predicted molar refractivity (Wildman–Crippen MR) is 106 cm³/mol. The summed E-state index contributed by atoms with van der Waals surface area (Å²) in [4.78, 5) is 20.2. The maximum absolute atomic E-state index is 6.64. The van der Waals surface area contributed by atoms with E-state index in [9.17, 15) is 0 Å². The highest BCUT2D eigenvalue weighted by Gasteiger charge is 2.40. The zero-order chi connectivity index (χ0) is 19.3. The van der Waals surface area contributed by atoms with Gasteiger partial charge in [0.2, 0.25) is 0 Å². The molecule has 3 aromatic rings. The lowest BCUT2D eigenvalue weighted by Gasteiger charge is -2.31. The summed E-state index contributed by atoms with van der Waals surface area (Å²) in [5, 5.41) is 5.56. The van der Waals surface area contributed by atoms with Gasteiger partial charge in [-0.15, -0.1) is 5.17 Å². The molecule has 9 heteroatoms. The van der Waals surface area contributed by atoms with E-state index in [0.29, 0.717) is 26.9 Å². The fraction of sp³-hybridized carbons (Fsp3) is 0.222. The van der Waals surface area contributed by atoms with Crippen LogP contribution in [0.3, 0.4) is 0 Å². The van der Waals surface area contributed by atoms with Gasteiger partial charge in [0, 0.05) is 11.5 Å². The Hall–Kier alpha value is -2.16. The van der Waals surface area contributed by atoms with Crippen LogP contribution < -0.4 is 10.2 Å². The van der Waals surface area contributed by atoms with Gasteiger partial charge in [-0.25, -0.2) is 9.99 Å². The molecule has 4 rings (SSSR count). The van der Waals surface area contributed by atoms with E-state index >= 15 is 0 Å². The highest BCUT2D eigenvalue weighted by atomic mass is 35.5. The molecular weight excluding hydrogens is 389 g/mol. The molecule has 0 radical (unpaired) electrons. The summed E-state index contributed by atoms with van der Waals surface area (Å²) in [5.41, 5.74) is 5.17. The van der Waals surface area contributed by atoms with Crippen LogP contribution in [0.25, 0.3) is 11.0 Å². The van der Waals surface area contributed by atoms with Crippen molar-refractivity contribution in [2.75, 3.05) is 24.4 Å². The summed E-state index contributed by atoms with van der Waals surface area (Å²) in [6.07, 6.45) is 1.72. The van der Waals surface area contributed by atoms with Crippen molar-refractivity contribution in [2.24, 2.45) is 0 Å². The molecule has 0 bridgehead atoms. The van der Waals surface area contributed by atoms with Gasteiger partial charge in [0.15, 0.2) is 0 Å². The quantitative estimate of drug-likeness (QED) is 0.621. The van der Waals surface area contributed by atoms with Crippen LogP contribution in [0, 0.1) is 13.8 Å². The van der Waals surface area contributed by atoms with Crippen LogP contribution in [0.4, 0.5) is 17.1 Å². The molecule has 0 saturated heterocycles. The largest absolute Gasteiger partial charge is 0.262 e. The summed E-state index contributed by atoms with van der Waals surface area (Å²) >= 11 is 13.1. The summed E-state index contributed by atoms with van der Waals surface area (Å²) in [6.45, 7) is 3.78. The fourth-order valence-corrected chi connectivity index (χ4v) is 3.63. The Morgan fingerprint density at radius 1 is 1.00 bits per heavy atom. The third kappa shape index (κ3) is 2.70. The third-order valence-electron chi connectivity index (χ3n) is 4.32. The summed E-state index contributed by atoms with van der Waals surface area (Å²) in [7, 11) is 3.08. The minimum absolute atomic E-state index is 0.394. The summed E-state index contributed by atoms with van der Waals surface area (Å²) in [5.74, 6) is 0. The second kappa shape index (κ2) is 6.78. The van der Waals surface area contributed by atoms with Gasteiger partial charge in [0.25, 0.3) is 0 Å². The number of rotatable bonds is 3. The van der Waals surface area contributed by atoms with Crippen molar-refractivity contribution in [2.45, 2.75) is 13.8 Å². The second-order valence-electron chi connectivity index (χ2n) is 6.05. The van der Waals surface area contributed by atoms with Crippen molar-refractivity contribution in [1.82, 2.24) is 15.2 Å². The lowest BCUT2D eigenvalue weighted by atomic mass is 10.1. The second-order valence-corrected chi connectivity index (χ2v) is 6.80. The number of aromatic nitrogens is 2. The van der Waals surface area contributed by atoms with E-state index in [2.05, 4.69) is 9.97 Å². The first kappa shape index (κ1) is 18.2. The van der Waals surface area contributed by atoms with Crippen molar-refractivity contribution >= 4 is 51.3 Å². The molecule has 2 aromatic carbocycles. The number of anilines is 3. The highest BCUT2D eigenvalue weighted by molar-refractivity contribution is 6.45. The molecule has 0 amide bonds. The molecule has 2 heterocycles. The third-order valence-corrected chi connectivity index (χ3v) is 5.27. The molecule has 27 heavy (non-hydrogen) atoms. The van der Waals surface area contributed by atoms with E-state index in [4.69, 9.17) is 32.9 Å². The predicted octanol–water partition coefficient (Wildman–Crippen LogP) is 4.77. The zero-order valence-corrected chi connectivity index (χ0v) is 16.7. The Kier molecular flexibility index (Phi) is 4.57. The van der Waals surface area contributed by atoms with Crippen LogP contribution in [0.1, 0.15) is 11.3 Å². The van der Waals surface area contributed by atoms with Crippen LogP contribution in [-0.2, 0) is 9.68 Å². The van der Waals surface area contributed by atoms with Gasteiger partial charge in [-0.2, -0.15) is 0 Å². The standard InChI is InChI=1S/C18H17Cl2N5O2/c1-10-8-14-18(16(20)15(10)19)23(25(27-4)24(14)26-3)13-7-5-6-12-17(13)21-9-11(2)22-12/h5-9H,1-4H3. The fourth-order valence-electron chi connectivity index (χ4n) is 3.16. The number of hydrazine groups is 2. The lowest BCUT2D eigenvalue weighted by Crippen LogP contribution is -2.45. The Morgan fingerprint density at radius 2 is 1.78 bits per heavy atom. The average Bonchev–Trinajstić information content (AvgIpc) is 2.98. The highest BCUT2D eigenvalue weighted by Crippen LogP contribution is 2.51.